The SMILES string of the molecule is Cc1ccc(C(=O)COC(=O)C[C@H](NC(=O)c2ccccc2)c2ccccc2)c(C)c1. The van der Waals surface area contributed by atoms with Crippen molar-refractivity contribution < 1.29 is 19.1 Å². The van der Waals surface area contributed by atoms with Crippen molar-refractivity contribution in [3.63, 3.8) is 0 Å². The largest absolute Gasteiger partial charge is 0.457 e. The predicted octanol–water partition coefficient (Wildman–Crippen LogP) is 4.59. The Labute approximate surface area is 182 Å². The lowest BCUT2D eigenvalue weighted by molar-refractivity contribution is -0.143. The molecular weight excluding hydrogens is 390 g/mol. The Balaban J connectivity index is 1.65. The third-order valence-electron chi connectivity index (χ3n) is 4.96. The van der Waals surface area contributed by atoms with Crippen molar-refractivity contribution in [3.8, 4) is 0 Å². The minimum Gasteiger partial charge on any atom is -0.457 e. The molecule has 158 valence electrons. The van der Waals surface area contributed by atoms with Crippen molar-refractivity contribution in [2.45, 2.75) is 26.3 Å². The van der Waals surface area contributed by atoms with E-state index in [0.717, 1.165) is 16.7 Å². The summed E-state index contributed by atoms with van der Waals surface area (Å²) in [5.74, 6) is -1.09. The van der Waals surface area contributed by atoms with Crippen LogP contribution in [0.1, 0.15) is 49.9 Å². The fourth-order valence-corrected chi connectivity index (χ4v) is 3.34. The van der Waals surface area contributed by atoms with Crippen LogP contribution in [0.4, 0.5) is 0 Å². The van der Waals surface area contributed by atoms with Gasteiger partial charge >= 0.3 is 5.97 Å². The molecule has 0 saturated carbocycles. The van der Waals surface area contributed by atoms with Crippen molar-refractivity contribution in [3.05, 3.63) is 107 Å². The van der Waals surface area contributed by atoms with E-state index in [4.69, 9.17) is 4.74 Å². The molecule has 5 heteroatoms. The van der Waals surface area contributed by atoms with E-state index in [1.54, 1.807) is 30.3 Å². The van der Waals surface area contributed by atoms with Crippen molar-refractivity contribution in [1.82, 2.24) is 5.32 Å². The number of carbonyl (C=O) groups is 3. The molecule has 0 aromatic heterocycles. The second-order valence-corrected chi connectivity index (χ2v) is 7.41. The van der Waals surface area contributed by atoms with Crippen LogP contribution in [0, 0.1) is 13.8 Å². The summed E-state index contributed by atoms with van der Waals surface area (Å²) in [7, 11) is 0. The topological polar surface area (TPSA) is 72.5 Å². The third-order valence-corrected chi connectivity index (χ3v) is 4.96. The zero-order chi connectivity index (χ0) is 22.2. The number of hydrogen-bond acceptors (Lipinski definition) is 4. The first-order valence-corrected chi connectivity index (χ1v) is 10.1. The Morgan fingerprint density at radius 3 is 2.16 bits per heavy atom. The summed E-state index contributed by atoms with van der Waals surface area (Å²) in [6, 6.07) is 23.0. The van der Waals surface area contributed by atoms with Gasteiger partial charge in [-0.2, -0.15) is 0 Å². The van der Waals surface area contributed by atoms with Crippen LogP contribution in [0.2, 0.25) is 0 Å². The van der Waals surface area contributed by atoms with Gasteiger partial charge in [0.1, 0.15) is 0 Å². The molecule has 3 aromatic carbocycles. The van der Waals surface area contributed by atoms with Crippen LogP contribution in [-0.2, 0) is 9.53 Å². The van der Waals surface area contributed by atoms with E-state index in [9.17, 15) is 14.4 Å². The van der Waals surface area contributed by atoms with Crippen LogP contribution in [0.25, 0.3) is 0 Å². The van der Waals surface area contributed by atoms with Crippen molar-refractivity contribution >= 4 is 17.7 Å². The molecule has 0 unspecified atom stereocenters. The molecule has 0 aliphatic rings. The number of amides is 1. The number of aryl methyl sites for hydroxylation is 2. The Hall–Kier alpha value is -3.73. The highest BCUT2D eigenvalue weighted by Gasteiger charge is 2.21. The minimum absolute atomic E-state index is 0.0806. The average molecular weight is 415 g/mol. The van der Waals surface area contributed by atoms with Crippen molar-refractivity contribution in [2.24, 2.45) is 0 Å². The molecule has 0 heterocycles. The van der Waals surface area contributed by atoms with Gasteiger partial charge in [0.05, 0.1) is 12.5 Å². The van der Waals surface area contributed by atoms with Crippen LogP contribution in [0.3, 0.4) is 0 Å². The smallest absolute Gasteiger partial charge is 0.308 e. The highest BCUT2D eigenvalue weighted by molar-refractivity contribution is 5.99. The number of ketones is 1. The lowest BCUT2D eigenvalue weighted by atomic mass is 10.0. The van der Waals surface area contributed by atoms with E-state index in [2.05, 4.69) is 5.32 Å². The van der Waals surface area contributed by atoms with Crippen molar-refractivity contribution in [2.75, 3.05) is 6.61 Å². The van der Waals surface area contributed by atoms with Gasteiger partial charge in [-0.15, -0.1) is 0 Å². The van der Waals surface area contributed by atoms with Crippen LogP contribution in [0.5, 0.6) is 0 Å². The summed E-state index contributed by atoms with van der Waals surface area (Å²) in [5, 5.41) is 2.89. The molecule has 0 radical (unpaired) electrons. The first-order valence-electron chi connectivity index (χ1n) is 10.1. The zero-order valence-electron chi connectivity index (χ0n) is 17.6. The molecule has 5 nitrogen and oxygen atoms in total. The summed E-state index contributed by atoms with van der Waals surface area (Å²) in [6.07, 6.45) is -0.0806. The molecule has 1 N–H and O–H groups in total. The summed E-state index contributed by atoms with van der Waals surface area (Å²) in [6.45, 7) is 3.47. The molecular formula is C26H25NO4. The average Bonchev–Trinajstić information content (AvgIpc) is 2.78. The van der Waals surface area contributed by atoms with Gasteiger partial charge in [0.2, 0.25) is 5.78 Å². The summed E-state index contributed by atoms with van der Waals surface area (Å²) >= 11 is 0. The number of benzene rings is 3. The van der Waals surface area contributed by atoms with Crippen molar-refractivity contribution in [1.29, 1.82) is 0 Å². The maximum atomic E-state index is 12.6. The van der Waals surface area contributed by atoms with Crippen LogP contribution in [-0.4, -0.2) is 24.3 Å². The van der Waals surface area contributed by atoms with Gasteiger partial charge in [-0.25, -0.2) is 0 Å². The van der Waals surface area contributed by atoms with Gasteiger partial charge < -0.3 is 10.1 Å². The number of rotatable bonds is 8. The Kier molecular flexibility index (Phi) is 7.33. The van der Waals surface area contributed by atoms with Gasteiger partial charge in [0.25, 0.3) is 5.91 Å². The van der Waals surface area contributed by atoms with Gasteiger partial charge in [-0.3, -0.25) is 14.4 Å². The second-order valence-electron chi connectivity index (χ2n) is 7.41. The standard InChI is InChI=1S/C26H25NO4/c1-18-13-14-22(19(2)15-18)24(28)17-31-25(29)16-23(20-9-5-3-6-10-20)27-26(30)21-11-7-4-8-12-21/h3-15,23H,16-17H2,1-2H3,(H,27,30)/t23-/m0/s1. The summed E-state index contributed by atoms with van der Waals surface area (Å²) in [5.41, 5.74) is 3.73. The molecule has 1 atom stereocenters. The highest BCUT2D eigenvalue weighted by Crippen LogP contribution is 2.19. The quantitative estimate of drug-likeness (QED) is 0.431. The predicted molar refractivity (Wildman–Crippen MR) is 119 cm³/mol. The van der Waals surface area contributed by atoms with Crippen LogP contribution in [0.15, 0.2) is 78.9 Å². The second kappa shape index (κ2) is 10.3. The van der Waals surface area contributed by atoms with Gasteiger partial charge in [0.15, 0.2) is 6.61 Å². The van der Waals surface area contributed by atoms with Gasteiger partial charge in [0, 0.05) is 11.1 Å². The van der Waals surface area contributed by atoms with Crippen LogP contribution >= 0.6 is 0 Å². The van der Waals surface area contributed by atoms with E-state index in [1.165, 1.54) is 0 Å². The number of carbonyl (C=O) groups excluding carboxylic acids is 3. The molecule has 0 bridgehead atoms. The van der Waals surface area contributed by atoms with E-state index in [0.29, 0.717) is 11.1 Å². The minimum atomic E-state index is -0.572. The van der Waals surface area contributed by atoms with Crippen LogP contribution < -0.4 is 5.32 Å². The monoisotopic (exact) mass is 415 g/mol. The zero-order valence-corrected chi connectivity index (χ0v) is 17.6. The number of esters is 1. The molecule has 31 heavy (non-hydrogen) atoms. The first-order chi connectivity index (χ1) is 14.9. The highest BCUT2D eigenvalue weighted by atomic mass is 16.5. The summed E-state index contributed by atoms with van der Waals surface area (Å²) in [4.78, 5) is 37.6. The lowest BCUT2D eigenvalue weighted by Gasteiger charge is -2.19. The van der Waals surface area contributed by atoms with Gasteiger partial charge in [-0.1, -0.05) is 72.3 Å². The van der Waals surface area contributed by atoms with E-state index < -0.39 is 12.0 Å². The molecule has 0 aliphatic heterocycles. The molecule has 0 saturated heterocycles. The Morgan fingerprint density at radius 2 is 1.52 bits per heavy atom. The van der Waals surface area contributed by atoms with E-state index in [1.807, 2.05) is 62.4 Å². The number of nitrogens with one attached hydrogen (secondary N) is 1. The van der Waals surface area contributed by atoms with E-state index in [-0.39, 0.29) is 24.7 Å². The molecule has 0 spiro atoms. The Morgan fingerprint density at radius 1 is 0.871 bits per heavy atom. The molecule has 3 rings (SSSR count). The maximum absolute atomic E-state index is 12.6. The number of hydrogen-bond donors (Lipinski definition) is 1. The maximum Gasteiger partial charge on any atom is 0.308 e. The lowest BCUT2D eigenvalue weighted by Crippen LogP contribution is -2.31. The number of ether oxygens (including phenoxy) is 1. The third kappa shape index (κ3) is 6.12. The number of Topliss-reactive ketones (excluding diaryl/α,β-unsaturated/α-hetero) is 1. The normalized spacial score (nSPS) is 11.4. The fourth-order valence-electron chi connectivity index (χ4n) is 3.34. The molecule has 0 aliphatic carbocycles. The summed E-state index contributed by atoms with van der Waals surface area (Å²) < 4.78 is 5.24. The van der Waals surface area contributed by atoms with E-state index >= 15 is 0 Å². The van der Waals surface area contributed by atoms with Gasteiger partial charge in [-0.05, 0) is 37.1 Å². The fraction of sp³-hybridized carbons (Fsp3) is 0.192. The first kappa shape index (κ1) is 22.0. The molecule has 1 amide bonds. The molecule has 3 aromatic rings. The molecule has 0 fully saturated rings. The Bertz CT molecular complexity index is 1060.